The number of aromatic nitrogens is 2. The molecule has 29 heavy (non-hydrogen) atoms. The van der Waals surface area contributed by atoms with E-state index < -0.39 is 0 Å². The molecule has 0 fully saturated rings. The van der Waals surface area contributed by atoms with Gasteiger partial charge in [-0.1, -0.05) is 0 Å². The van der Waals surface area contributed by atoms with Gasteiger partial charge in [-0.3, -0.25) is 4.90 Å². The van der Waals surface area contributed by atoms with E-state index in [-0.39, 0.29) is 11.8 Å². The second-order valence-corrected chi connectivity index (χ2v) is 8.26. The minimum absolute atomic E-state index is 0.112. The van der Waals surface area contributed by atoms with Crippen molar-refractivity contribution < 1.29 is 9.60 Å². The topological polar surface area (TPSA) is 77.7 Å². The number of hydrogen-bond donors (Lipinski definition) is 3. The Morgan fingerprint density at radius 3 is 2.59 bits per heavy atom. The third-order valence-corrected chi connectivity index (χ3v) is 5.18. The normalized spacial score (nSPS) is 12.2. The number of hydrogen-bond acceptors (Lipinski definition) is 5. The summed E-state index contributed by atoms with van der Waals surface area (Å²) in [4.78, 5) is 2.49. The van der Waals surface area contributed by atoms with Gasteiger partial charge >= 0.3 is 0 Å². The van der Waals surface area contributed by atoms with Crippen LogP contribution in [0.5, 0.6) is 0 Å². The monoisotopic (exact) mass is 468 g/mol. The molecule has 0 unspecified atom stereocenters. The fraction of sp³-hybridized carbons (Fsp3) is 0.500. The second kappa shape index (κ2) is 11.2. The molecule has 0 aliphatic carbocycles. The molecule has 0 saturated heterocycles. The molecule has 0 aliphatic rings. The van der Waals surface area contributed by atoms with Crippen molar-refractivity contribution in [1.29, 1.82) is 0 Å². The van der Waals surface area contributed by atoms with Crippen molar-refractivity contribution in [2.75, 3.05) is 23.7 Å². The largest absolute Gasteiger partial charge is 0.408 e. The van der Waals surface area contributed by atoms with Crippen LogP contribution >= 0.6 is 15.9 Å². The van der Waals surface area contributed by atoms with E-state index in [4.69, 9.17) is 0 Å². The Bertz CT molecular complexity index is 800. The molecule has 160 valence electrons. The first-order chi connectivity index (χ1) is 13.8. The van der Waals surface area contributed by atoms with Crippen molar-refractivity contribution in [3.8, 4) is 0 Å². The maximum Gasteiger partial charge on any atom is 0.265 e. The molecule has 0 spiro atoms. The predicted octanol–water partition coefficient (Wildman–Crippen LogP) is 4.80. The maximum atomic E-state index is 13.4. The quantitative estimate of drug-likeness (QED) is 0.162. The van der Waals surface area contributed by atoms with Gasteiger partial charge in [0.05, 0.1) is 22.6 Å². The molecule has 0 saturated carbocycles. The predicted molar refractivity (Wildman–Crippen MR) is 119 cm³/mol. The van der Waals surface area contributed by atoms with E-state index >= 15 is 0 Å². The minimum Gasteiger partial charge on any atom is -0.408 e. The molecule has 2 rings (SSSR count). The highest BCUT2D eigenvalue weighted by atomic mass is 79.9. The molecular formula is C20H30BrFN6O. The summed E-state index contributed by atoms with van der Waals surface area (Å²) in [5.74, 6) is -0.255. The Labute approximate surface area is 180 Å². The average Bonchev–Trinajstić information content (AvgIpc) is 3.13. The number of nitrogens with one attached hydrogen (secondary N) is 2. The van der Waals surface area contributed by atoms with Gasteiger partial charge in [-0.25, -0.2) is 9.07 Å². The molecular weight excluding hydrogens is 439 g/mol. The van der Waals surface area contributed by atoms with E-state index in [1.807, 2.05) is 0 Å². The van der Waals surface area contributed by atoms with Gasteiger partial charge in [0.25, 0.3) is 5.96 Å². The van der Waals surface area contributed by atoms with Crippen molar-refractivity contribution in [2.45, 2.75) is 52.6 Å². The van der Waals surface area contributed by atoms with Crippen LogP contribution in [0.15, 0.2) is 40.2 Å². The molecule has 9 heteroatoms. The first-order valence-electron chi connectivity index (χ1n) is 9.80. The number of nitrogens with zero attached hydrogens (tertiary/aromatic N) is 4. The Morgan fingerprint density at radius 2 is 1.97 bits per heavy atom. The SMILES string of the molecule is CC(C)N(CCCCNc1cnn(C(=NO)Nc2ccc(F)c(Br)c2)c1)C(C)C. The standard InChI is InChI=1S/C20H30BrFN6O/c1-14(2)27(15(3)4)10-6-5-9-23-17-12-24-28(13-17)20(26-29)25-16-7-8-19(22)18(21)11-16/h7-8,11-15,23,29H,5-6,9-10H2,1-4H3,(H,25,26). The first-order valence-corrected chi connectivity index (χ1v) is 10.6. The second-order valence-electron chi connectivity index (χ2n) is 7.41. The average molecular weight is 469 g/mol. The summed E-state index contributed by atoms with van der Waals surface area (Å²) in [7, 11) is 0. The number of anilines is 2. The number of oxime groups is 1. The number of unbranched alkanes of at least 4 members (excludes halogenated alkanes) is 1. The van der Waals surface area contributed by atoms with Crippen LogP contribution in [0.4, 0.5) is 15.8 Å². The van der Waals surface area contributed by atoms with Crippen LogP contribution in [0.1, 0.15) is 40.5 Å². The molecule has 1 heterocycles. The highest BCUT2D eigenvalue weighted by Crippen LogP contribution is 2.20. The molecule has 0 atom stereocenters. The van der Waals surface area contributed by atoms with Crippen LogP contribution in [0.2, 0.25) is 0 Å². The summed E-state index contributed by atoms with van der Waals surface area (Å²) in [6, 6.07) is 5.52. The van der Waals surface area contributed by atoms with E-state index in [9.17, 15) is 9.60 Å². The zero-order valence-corrected chi connectivity index (χ0v) is 18.9. The molecule has 7 nitrogen and oxygen atoms in total. The molecule has 0 amide bonds. The van der Waals surface area contributed by atoms with Crippen LogP contribution in [0, 0.1) is 5.82 Å². The van der Waals surface area contributed by atoms with Crippen LogP contribution in [0.3, 0.4) is 0 Å². The summed E-state index contributed by atoms with van der Waals surface area (Å²) < 4.78 is 15.1. The lowest BCUT2D eigenvalue weighted by molar-refractivity contribution is 0.172. The molecule has 1 aromatic carbocycles. The van der Waals surface area contributed by atoms with Crippen molar-refractivity contribution >= 4 is 33.3 Å². The van der Waals surface area contributed by atoms with Crippen molar-refractivity contribution in [1.82, 2.24) is 14.7 Å². The van der Waals surface area contributed by atoms with Gasteiger partial charge in [-0.2, -0.15) is 5.10 Å². The zero-order valence-electron chi connectivity index (χ0n) is 17.4. The number of benzene rings is 1. The summed E-state index contributed by atoms with van der Waals surface area (Å²) in [5, 5.41) is 23.0. The van der Waals surface area contributed by atoms with Crippen molar-refractivity contribution in [3.05, 3.63) is 40.9 Å². The molecule has 1 aromatic heterocycles. The third-order valence-electron chi connectivity index (χ3n) is 4.57. The highest BCUT2D eigenvalue weighted by molar-refractivity contribution is 9.10. The van der Waals surface area contributed by atoms with Gasteiger partial charge in [0.15, 0.2) is 0 Å². The van der Waals surface area contributed by atoms with E-state index in [1.165, 1.54) is 10.7 Å². The lowest BCUT2D eigenvalue weighted by atomic mass is 10.2. The molecule has 2 aromatic rings. The van der Waals surface area contributed by atoms with Crippen LogP contribution in [-0.4, -0.2) is 51.0 Å². The van der Waals surface area contributed by atoms with Crippen LogP contribution < -0.4 is 10.6 Å². The molecule has 0 radical (unpaired) electrons. The van der Waals surface area contributed by atoms with Gasteiger partial charge < -0.3 is 15.8 Å². The van der Waals surface area contributed by atoms with Crippen molar-refractivity contribution in [3.63, 3.8) is 0 Å². The van der Waals surface area contributed by atoms with Gasteiger partial charge in [0.2, 0.25) is 0 Å². The lowest BCUT2D eigenvalue weighted by Gasteiger charge is -2.30. The lowest BCUT2D eigenvalue weighted by Crippen LogP contribution is -2.37. The van der Waals surface area contributed by atoms with E-state index in [1.54, 1.807) is 24.5 Å². The summed E-state index contributed by atoms with van der Waals surface area (Å²) in [5.41, 5.74) is 1.40. The van der Waals surface area contributed by atoms with E-state index in [0.29, 0.717) is 22.2 Å². The zero-order chi connectivity index (χ0) is 21.4. The van der Waals surface area contributed by atoms with E-state index in [0.717, 1.165) is 31.6 Å². The Balaban J connectivity index is 1.83. The number of rotatable bonds is 9. The van der Waals surface area contributed by atoms with Gasteiger partial charge in [-0.15, -0.1) is 0 Å². The summed E-state index contributed by atoms with van der Waals surface area (Å²) >= 11 is 3.13. The summed E-state index contributed by atoms with van der Waals surface area (Å²) in [6.45, 7) is 10.8. The smallest absolute Gasteiger partial charge is 0.265 e. The Kier molecular flexibility index (Phi) is 8.91. The van der Waals surface area contributed by atoms with Crippen molar-refractivity contribution in [2.24, 2.45) is 5.16 Å². The van der Waals surface area contributed by atoms with Gasteiger partial charge in [-0.05, 0) is 86.4 Å². The minimum atomic E-state index is -0.367. The number of halogens is 2. The van der Waals surface area contributed by atoms with Crippen LogP contribution in [-0.2, 0) is 0 Å². The van der Waals surface area contributed by atoms with Gasteiger partial charge in [0.1, 0.15) is 5.82 Å². The third kappa shape index (κ3) is 7.01. The Hall–Kier alpha value is -2.13. The summed E-state index contributed by atoms with van der Waals surface area (Å²) in [6.07, 6.45) is 5.56. The Morgan fingerprint density at radius 1 is 1.24 bits per heavy atom. The maximum absolute atomic E-state index is 13.4. The molecule has 0 bridgehead atoms. The fourth-order valence-electron chi connectivity index (χ4n) is 3.13. The fourth-order valence-corrected chi connectivity index (χ4v) is 3.50. The van der Waals surface area contributed by atoms with Crippen LogP contribution in [0.25, 0.3) is 0 Å². The molecule has 3 N–H and O–H groups in total. The van der Waals surface area contributed by atoms with E-state index in [2.05, 4.69) is 69.4 Å². The van der Waals surface area contributed by atoms with Gasteiger partial charge in [0, 0.05) is 24.3 Å². The highest BCUT2D eigenvalue weighted by Gasteiger charge is 2.12. The first kappa shape index (κ1) is 23.2. The molecule has 0 aliphatic heterocycles.